The van der Waals surface area contributed by atoms with E-state index in [4.69, 9.17) is 29.6 Å². The highest BCUT2D eigenvalue weighted by atomic mass is 35.5. The molecule has 0 spiro atoms. The lowest BCUT2D eigenvalue weighted by Gasteiger charge is -2.22. The van der Waals surface area contributed by atoms with E-state index in [1.807, 2.05) is 25.2 Å². The summed E-state index contributed by atoms with van der Waals surface area (Å²) >= 11 is 11.1. The largest absolute Gasteiger partial charge is 0.389 e. The van der Waals surface area contributed by atoms with Crippen molar-refractivity contribution in [3.63, 3.8) is 0 Å². The highest BCUT2D eigenvalue weighted by molar-refractivity contribution is 7.80. The first kappa shape index (κ1) is 13.3. The summed E-state index contributed by atoms with van der Waals surface area (Å²) in [5, 5.41) is 0.688. The minimum Gasteiger partial charge on any atom is -0.389 e. The number of hydrogen-bond donors (Lipinski definition) is 1. The van der Waals surface area contributed by atoms with Gasteiger partial charge in [0.2, 0.25) is 0 Å². The summed E-state index contributed by atoms with van der Waals surface area (Å²) in [6.45, 7) is 5.31. The molecule has 0 bridgehead atoms. The van der Waals surface area contributed by atoms with Gasteiger partial charge < -0.3 is 10.6 Å². The summed E-state index contributed by atoms with van der Waals surface area (Å²) < 4.78 is 0. The van der Waals surface area contributed by atoms with Crippen LogP contribution in [-0.2, 0) is 0 Å². The molecule has 1 aromatic carbocycles. The van der Waals surface area contributed by atoms with Gasteiger partial charge in [-0.05, 0) is 24.1 Å². The van der Waals surface area contributed by atoms with Crippen molar-refractivity contribution in [2.75, 3.05) is 18.5 Å². The fourth-order valence-corrected chi connectivity index (χ4v) is 2.07. The predicted molar refractivity (Wildman–Crippen MR) is 75.4 cm³/mol. The van der Waals surface area contributed by atoms with E-state index >= 15 is 0 Å². The molecule has 2 N–H and O–H groups in total. The van der Waals surface area contributed by atoms with E-state index in [1.165, 1.54) is 0 Å². The topological polar surface area (TPSA) is 29.3 Å². The molecule has 2 nitrogen and oxygen atoms in total. The van der Waals surface area contributed by atoms with Crippen LogP contribution in [0, 0.1) is 5.92 Å². The summed E-state index contributed by atoms with van der Waals surface area (Å²) in [6, 6.07) is 5.68. The third kappa shape index (κ3) is 3.35. The molecule has 88 valence electrons. The van der Waals surface area contributed by atoms with Crippen LogP contribution in [0.15, 0.2) is 18.2 Å². The molecule has 0 saturated carbocycles. The Bertz CT molecular complexity index is 391. The quantitative estimate of drug-likeness (QED) is 0.840. The maximum Gasteiger partial charge on any atom is 0.104 e. The van der Waals surface area contributed by atoms with Gasteiger partial charge >= 0.3 is 0 Å². The minimum absolute atomic E-state index is 0.375. The van der Waals surface area contributed by atoms with Crippen molar-refractivity contribution in [3.8, 4) is 0 Å². The number of hydrogen-bond acceptors (Lipinski definition) is 2. The van der Waals surface area contributed by atoms with Crippen molar-refractivity contribution in [2.45, 2.75) is 13.8 Å². The highest BCUT2D eigenvalue weighted by Gasteiger charge is 2.09. The van der Waals surface area contributed by atoms with Gasteiger partial charge in [0.05, 0.1) is 10.7 Å². The van der Waals surface area contributed by atoms with Gasteiger partial charge in [-0.25, -0.2) is 0 Å². The maximum absolute atomic E-state index is 6.19. The first-order chi connectivity index (χ1) is 7.41. The van der Waals surface area contributed by atoms with E-state index in [2.05, 4.69) is 18.7 Å². The molecule has 16 heavy (non-hydrogen) atoms. The summed E-state index contributed by atoms with van der Waals surface area (Å²) in [6.07, 6.45) is 0. The van der Waals surface area contributed by atoms with Gasteiger partial charge in [0.25, 0.3) is 0 Å². The highest BCUT2D eigenvalue weighted by Crippen LogP contribution is 2.26. The van der Waals surface area contributed by atoms with Crippen LogP contribution in [0.2, 0.25) is 5.02 Å². The van der Waals surface area contributed by atoms with E-state index in [0.29, 0.717) is 15.9 Å². The summed E-state index contributed by atoms with van der Waals surface area (Å²) in [5.41, 5.74) is 7.37. The summed E-state index contributed by atoms with van der Waals surface area (Å²) in [4.78, 5) is 2.51. The van der Waals surface area contributed by atoms with E-state index in [0.717, 1.165) is 17.8 Å². The molecule has 0 radical (unpaired) electrons. The van der Waals surface area contributed by atoms with Crippen molar-refractivity contribution in [1.29, 1.82) is 0 Å². The molecule has 0 heterocycles. The zero-order valence-electron chi connectivity index (χ0n) is 9.83. The van der Waals surface area contributed by atoms with Gasteiger partial charge in [0.1, 0.15) is 4.99 Å². The molecule has 0 aromatic heterocycles. The lowest BCUT2D eigenvalue weighted by atomic mass is 10.1. The van der Waals surface area contributed by atoms with E-state index in [1.54, 1.807) is 0 Å². The second-order valence-corrected chi connectivity index (χ2v) is 5.15. The second-order valence-electron chi connectivity index (χ2n) is 4.30. The SMILES string of the molecule is CC(C)CN(C)c1ccc(C(N)=S)cc1Cl. The average molecular weight is 257 g/mol. The Kier molecular flexibility index (Phi) is 4.56. The third-order valence-corrected chi connectivity index (χ3v) is 2.82. The first-order valence-electron chi connectivity index (χ1n) is 5.22. The third-order valence-electron chi connectivity index (χ3n) is 2.28. The molecule has 4 heteroatoms. The Morgan fingerprint density at radius 3 is 2.56 bits per heavy atom. The summed E-state index contributed by atoms with van der Waals surface area (Å²) in [5.74, 6) is 0.594. The Balaban J connectivity index is 2.94. The Morgan fingerprint density at radius 1 is 1.50 bits per heavy atom. The molecule has 1 aromatic rings. The number of rotatable bonds is 4. The Morgan fingerprint density at radius 2 is 2.12 bits per heavy atom. The monoisotopic (exact) mass is 256 g/mol. The molecule has 0 amide bonds. The molecule has 0 unspecified atom stereocenters. The van der Waals surface area contributed by atoms with Crippen LogP contribution < -0.4 is 10.6 Å². The van der Waals surface area contributed by atoms with E-state index < -0.39 is 0 Å². The normalized spacial score (nSPS) is 10.6. The van der Waals surface area contributed by atoms with Crippen LogP contribution in [-0.4, -0.2) is 18.6 Å². The van der Waals surface area contributed by atoms with Crippen molar-refractivity contribution < 1.29 is 0 Å². The zero-order valence-corrected chi connectivity index (χ0v) is 11.4. The number of halogens is 1. The standard InChI is InChI=1S/C12H17ClN2S/c1-8(2)7-15(3)11-5-4-9(12(14)16)6-10(11)13/h4-6,8H,7H2,1-3H3,(H2,14,16). The van der Waals surface area contributed by atoms with E-state index in [9.17, 15) is 0 Å². The van der Waals surface area contributed by atoms with Gasteiger partial charge in [-0.15, -0.1) is 0 Å². The lowest BCUT2D eigenvalue weighted by Crippen LogP contribution is -2.23. The van der Waals surface area contributed by atoms with Crippen LogP contribution in [0.4, 0.5) is 5.69 Å². The molecule has 1 rings (SSSR count). The molecule has 0 aliphatic carbocycles. The first-order valence-corrected chi connectivity index (χ1v) is 6.01. The fourth-order valence-electron chi connectivity index (χ4n) is 1.62. The van der Waals surface area contributed by atoms with Gasteiger partial charge in [-0.2, -0.15) is 0 Å². The van der Waals surface area contributed by atoms with Gasteiger partial charge in [-0.1, -0.05) is 37.7 Å². The molecule has 0 fully saturated rings. The fraction of sp³-hybridized carbons (Fsp3) is 0.417. The number of nitrogens with zero attached hydrogens (tertiary/aromatic N) is 1. The van der Waals surface area contributed by atoms with Gasteiger partial charge in [-0.3, -0.25) is 0 Å². The molecular formula is C12H17ClN2S. The number of thiocarbonyl (C=S) groups is 1. The van der Waals surface area contributed by atoms with Crippen molar-refractivity contribution >= 4 is 34.5 Å². The number of anilines is 1. The van der Waals surface area contributed by atoms with Crippen molar-refractivity contribution in [3.05, 3.63) is 28.8 Å². The lowest BCUT2D eigenvalue weighted by molar-refractivity contribution is 0.638. The zero-order chi connectivity index (χ0) is 12.3. The van der Waals surface area contributed by atoms with Gasteiger partial charge in [0, 0.05) is 19.2 Å². The molecule has 0 atom stereocenters. The maximum atomic E-state index is 6.19. The van der Waals surface area contributed by atoms with Crippen molar-refractivity contribution in [2.24, 2.45) is 11.7 Å². The average Bonchev–Trinajstić information content (AvgIpc) is 2.15. The van der Waals surface area contributed by atoms with Crippen LogP contribution in [0.5, 0.6) is 0 Å². The number of nitrogens with two attached hydrogens (primary N) is 1. The Hall–Kier alpha value is -0.800. The molecular weight excluding hydrogens is 240 g/mol. The minimum atomic E-state index is 0.375. The second kappa shape index (κ2) is 5.51. The Labute approximate surface area is 107 Å². The van der Waals surface area contributed by atoms with E-state index in [-0.39, 0.29) is 0 Å². The summed E-state index contributed by atoms with van der Waals surface area (Å²) in [7, 11) is 2.03. The van der Waals surface area contributed by atoms with Crippen LogP contribution in [0.1, 0.15) is 19.4 Å². The van der Waals surface area contributed by atoms with Crippen LogP contribution in [0.25, 0.3) is 0 Å². The smallest absolute Gasteiger partial charge is 0.104 e. The van der Waals surface area contributed by atoms with Crippen molar-refractivity contribution in [1.82, 2.24) is 0 Å². The predicted octanol–water partition coefficient (Wildman–Crippen LogP) is 3.07. The molecule has 0 aliphatic rings. The van der Waals surface area contributed by atoms with Crippen LogP contribution in [0.3, 0.4) is 0 Å². The number of benzene rings is 1. The van der Waals surface area contributed by atoms with Gasteiger partial charge in [0.15, 0.2) is 0 Å². The van der Waals surface area contributed by atoms with Crippen LogP contribution >= 0.6 is 23.8 Å². The molecule has 0 aliphatic heterocycles. The molecule has 0 saturated heterocycles.